The van der Waals surface area contributed by atoms with Crippen molar-refractivity contribution >= 4 is 6.08 Å². The highest BCUT2D eigenvalue weighted by molar-refractivity contribution is 5.70. The molecule has 3 aromatic rings. The van der Waals surface area contributed by atoms with Crippen molar-refractivity contribution in [2.75, 3.05) is 0 Å². The van der Waals surface area contributed by atoms with Crippen molar-refractivity contribution in [1.82, 2.24) is 9.97 Å². The molecule has 3 atom stereocenters. The van der Waals surface area contributed by atoms with Crippen LogP contribution in [0.3, 0.4) is 0 Å². The quantitative estimate of drug-likeness (QED) is 0.645. The molecule has 4 heteroatoms. The van der Waals surface area contributed by atoms with E-state index in [1.807, 2.05) is 48.7 Å². The van der Waals surface area contributed by atoms with E-state index in [2.05, 4.69) is 36.0 Å². The first kappa shape index (κ1) is 17.2. The molecule has 3 unspecified atom stereocenters. The van der Waals surface area contributed by atoms with E-state index in [0.717, 1.165) is 34.7 Å². The van der Waals surface area contributed by atoms with Gasteiger partial charge in [-0.05, 0) is 36.5 Å². The third kappa shape index (κ3) is 3.29. The summed E-state index contributed by atoms with van der Waals surface area (Å²) < 4.78 is 5.66. The molecule has 0 N–H and O–H groups in total. The monoisotopic (exact) mass is 355 g/mol. The highest BCUT2D eigenvalue weighted by Gasteiger charge is 2.33. The summed E-state index contributed by atoms with van der Waals surface area (Å²) >= 11 is 0. The minimum atomic E-state index is 0.215. The van der Waals surface area contributed by atoms with Gasteiger partial charge in [0.15, 0.2) is 6.39 Å². The van der Waals surface area contributed by atoms with Gasteiger partial charge >= 0.3 is 0 Å². The fourth-order valence-corrected chi connectivity index (χ4v) is 3.75. The van der Waals surface area contributed by atoms with Gasteiger partial charge in [0.2, 0.25) is 0 Å². The summed E-state index contributed by atoms with van der Waals surface area (Å²) in [6.45, 7) is 4.53. The zero-order valence-corrected chi connectivity index (χ0v) is 15.5. The maximum atomic E-state index is 9.28. The summed E-state index contributed by atoms with van der Waals surface area (Å²) in [6, 6.07) is 13.8. The molecule has 0 amide bonds. The SMILES string of the molecule is CC1Cc2ncoc2C(C=Cc2ccc(-c3ccccc3C#N)cn2)C1C. The standard InChI is InChI=1S/C23H21N3O/c1-15-11-22-23(27-14-26-22)20(16(15)2)10-9-19-8-7-18(13-25-19)21-6-4-3-5-17(21)12-24/h3-10,13-16,20H,11H2,1-2H3. The number of benzene rings is 1. The third-order valence-corrected chi connectivity index (χ3v) is 5.57. The highest BCUT2D eigenvalue weighted by atomic mass is 16.3. The van der Waals surface area contributed by atoms with Crippen molar-refractivity contribution in [2.24, 2.45) is 11.8 Å². The number of aromatic nitrogens is 2. The number of allylic oxidation sites excluding steroid dienone is 1. The van der Waals surface area contributed by atoms with Crippen LogP contribution in [0.4, 0.5) is 0 Å². The molecule has 2 heterocycles. The van der Waals surface area contributed by atoms with Crippen LogP contribution in [-0.2, 0) is 6.42 Å². The van der Waals surface area contributed by atoms with Crippen molar-refractivity contribution < 1.29 is 4.42 Å². The Labute approximate surface area is 159 Å². The number of pyridine rings is 1. The molecule has 4 rings (SSSR count). The average Bonchev–Trinajstić information content (AvgIpc) is 3.16. The van der Waals surface area contributed by atoms with Gasteiger partial charge in [-0.2, -0.15) is 5.26 Å². The van der Waals surface area contributed by atoms with E-state index in [1.165, 1.54) is 0 Å². The molecule has 1 aromatic carbocycles. The first-order valence-corrected chi connectivity index (χ1v) is 9.23. The van der Waals surface area contributed by atoms with Crippen molar-refractivity contribution in [3.8, 4) is 17.2 Å². The van der Waals surface area contributed by atoms with Gasteiger partial charge < -0.3 is 4.42 Å². The lowest BCUT2D eigenvalue weighted by Crippen LogP contribution is -2.24. The van der Waals surface area contributed by atoms with Crippen LogP contribution in [-0.4, -0.2) is 9.97 Å². The summed E-state index contributed by atoms with van der Waals surface area (Å²) in [5.74, 6) is 2.25. The summed E-state index contributed by atoms with van der Waals surface area (Å²) in [5, 5.41) is 9.28. The molecule has 1 aliphatic rings. The Hall–Kier alpha value is -3.19. The smallest absolute Gasteiger partial charge is 0.181 e. The van der Waals surface area contributed by atoms with Crippen LogP contribution in [0.25, 0.3) is 17.2 Å². The number of rotatable bonds is 3. The fraction of sp³-hybridized carbons (Fsp3) is 0.261. The predicted molar refractivity (Wildman–Crippen MR) is 105 cm³/mol. The Kier molecular flexibility index (Phi) is 4.60. The number of nitriles is 1. The summed E-state index contributed by atoms with van der Waals surface area (Å²) in [4.78, 5) is 8.93. The number of hydrogen-bond donors (Lipinski definition) is 0. The first-order valence-electron chi connectivity index (χ1n) is 9.23. The molecule has 1 aliphatic carbocycles. The van der Waals surface area contributed by atoms with Crippen molar-refractivity contribution in [3.05, 3.63) is 77.8 Å². The zero-order valence-electron chi connectivity index (χ0n) is 15.5. The molecular weight excluding hydrogens is 334 g/mol. The molecule has 0 saturated heterocycles. The second-order valence-corrected chi connectivity index (χ2v) is 7.22. The van der Waals surface area contributed by atoms with E-state index >= 15 is 0 Å². The van der Waals surface area contributed by atoms with Crippen LogP contribution in [0.5, 0.6) is 0 Å². The number of hydrogen-bond acceptors (Lipinski definition) is 4. The molecule has 134 valence electrons. The lowest BCUT2D eigenvalue weighted by molar-refractivity contribution is 0.295. The Morgan fingerprint density at radius 1 is 1.15 bits per heavy atom. The maximum absolute atomic E-state index is 9.28. The molecule has 0 saturated carbocycles. The number of nitrogens with zero attached hydrogens (tertiary/aromatic N) is 3. The molecular formula is C23H21N3O. The van der Waals surface area contributed by atoms with E-state index in [9.17, 15) is 5.26 Å². The van der Waals surface area contributed by atoms with E-state index in [4.69, 9.17) is 4.42 Å². The minimum absolute atomic E-state index is 0.215. The Bertz CT molecular complexity index is 1010. The summed E-state index contributed by atoms with van der Waals surface area (Å²) in [5.41, 5.74) is 4.47. The van der Waals surface area contributed by atoms with Gasteiger partial charge in [0.1, 0.15) is 5.76 Å². The van der Waals surface area contributed by atoms with Crippen LogP contribution in [0.15, 0.2) is 59.5 Å². The largest absolute Gasteiger partial charge is 0.448 e. The topological polar surface area (TPSA) is 62.7 Å². The molecule has 0 spiro atoms. The molecule has 0 bridgehead atoms. The Morgan fingerprint density at radius 3 is 2.78 bits per heavy atom. The van der Waals surface area contributed by atoms with Gasteiger partial charge in [0.25, 0.3) is 0 Å². The number of oxazole rings is 1. The second kappa shape index (κ2) is 7.20. The van der Waals surface area contributed by atoms with Crippen molar-refractivity contribution in [2.45, 2.75) is 26.2 Å². The van der Waals surface area contributed by atoms with Gasteiger partial charge in [0.05, 0.1) is 23.0 Å². The first-order chi connectivity index (χ1) is 13.2. The van der Waals surface area contributed by atoms with E-state index in [0.29, 0.717) is 17.4 Å². The predicted octanol–water partition coefficient (Wildman–Crippen LogP) is 5.23. The van der Waals surface area contributed by atoms with Crippen LogP contribution < -0.4 is 0 Å². The van der Waals surface area contributed by atoms with Gasteiger partial charge in [-0.1, -0.05) is 44.2 Å². The molecule has 27 heavy (non-hydrogen) atoms. The Balaban J connectivity index is 1.58. The number of fused-ring (bicyclic) bond motifs is 1. The summed E-state index contributed by atoms with van der Waals surface area (Å²) in [6.07, 6.45) is 8.57. The van der Waals surface area contributed by atoms with E-state index in [-0.39, 0.29) is 5.92 Å². The zero-order chi connectivity index (χ0) is 18.8. The van der Waals surface area contributed by atoms with Crippen molar-refractivity contribution in [1.29, 1.82) is 5.26 Å². The molecule has 0 aliphatic heterocycles. The lowest BCUT2D eigenvalue weighted by Gasteiger charge is -2.30. The molecule has 0 fully saturated rings. The van der Waals surface area contributed by atoms with Crippen LogP contribution >= 0.6 is 0 Å². The fourth-order valence-electron chi connectivity index (χ4n) is 3.75. The second-order valence-electron chi connectivity index (χ2n) is 7.22. The average molecular weight is 355 g/mol. The maximum Gasteiger partial charge on any atom is 0.181 e. The van der Waals surface area contributed by atoms with E-state index in [1.54, 1.807) is 6.39 Å². The highest BCUT2D eigenvalue weighted by Crippen LogP contribution is 2.40. The Morgan fingerprint density at radius 2 is 2.00 bits per heavy atom. The summed E-state index contributed by atoms with van der Waals surface area (Å²) in [7, 11) is 0. The van der Waals surface area contributed by atoms with E-state index < -0.39 is 0 Å². The minimum Gasteiger partial charge on any atom is -0.448 e. The van der Waals surface area contributed by atoms with Crippen LogP contribution in [0, 0.1) is 23.2 Å². The van der Waals surface area contributed by atoms with Crippen LogP contribution in [0.1, 0.15) is 42.5 Å². The van der Waals surface area contributed by atoms with Gasteiger partial charge in [-0.25, -0.2) is 4.98 Å². The van der Waals surface area contributed by atoms with Gasteiger partial charge in [-0.3, -0.25) is 4.98 Å². The normalized spacial score (nSPS) is 21.7. The molecule has 2 aromatic heterocycles. The molecule has 0 radical (unpaired) electrons. The van der Waals surface area contributed by atoms with Gasteiger partial charge in [0, 0.05) is 23.2 Å². The van der Waals surface area contributed by atoms with Crippen molar-refractivity contribution in [3.63, 3.8) is 0 Å². The lowest BCUT2D eigenvalue weighted by atomic mass is 9.74. The third-order valence-electron chi connectivity index (χ3n) is 5.57. The molecule has 4 nitrogen and oxygen atoms in total. The van der Waals surface area contributed by atoms with Gasteiger partial charge in [-0.15, -0.1) is 0 Å². The van der Waals surface area contributed by atoms with Crippen LogP contribution in [0.2, 0.25) is 0 Å².